The lowest BCUT2D eigenvalue weighted by molar-refractivity contribution is 0.501. The van der Waals surface area contributed by atoms with E-state index in [9.17, 15) is 4.57 Å². The zero-order valence-corrected chi connectivity index (χ0v) is 6.28. The molecule has 0 spiro atoms. The Morgan fingerprint density at radius 1 is 2.00 bits per heavy atom. The van der Waals surface area contributed by atoms with E-state index in [1.54, 1.807) is 6.08 Å². The molecule has 1 atom stereocenters. The molecule has 48 valence electrons. The van der Waals surface area contributed by atoms with Gasteiger partial charge in [-0.1, -0.05) is 12.0 Å². The van der Waals surface area contributed by atoms with Gasteiger partial charge in [-0.25, -0.2) is 0 Å². The zero-order valence-electron chi connectivity index (χ0n) is 4.57. The number of hydrogen-bond donors (Lipinski definition) is 1. The highest BCUT2D eigenvalue weighted by molar-refractivity contribution is 8.58. The number of rotatable bonds is 0. The molecule has 1 rings (SSSR count). The average molecular weight is 160 g/mol. The van der Waals surface area contributed by atoms with Crippen LogP contribution in [0.15, 0.2) is 11.0 Å². The van der Waals surface area contributed by atoms with Crippen molar-refractivity contribution < 1.29 is 9.46 Å². The molecule has 0 amide bonds. The number of allylic oxidation sites excluding steroid dienone is 2. The molecule has 1 aliphatic heterocycles. The molecular weight excluding hydrogens is 155 g/mol. The molecule has 0 aromatic heterocycles. The van der Waals surface area contributed by atoms with Gasteiger partial charge in [0.15, 0.2) is 0 Å². The van der Waals surface area contributed by atoms with Gasteiger partial charge in [-0.2, -0.15) is 0 Å². The Kier molecular flexibility index (Phi) is 1.72. The molecule has 0 radical (unpaired) electrons. The first-order chi connectivity index (χ1) is 4.14. The highest BCUT2D eigenvalue weighted by atomic mass is 32.7. The van der Waals surface area contributed by atoms with Crippen LogP contribution in [0.5, 0.6) is 0 Å². The first-order valence-corrected chi connectivity index (χ1v) is 5.59. The summed E-state index contributed by atoms with van der Waals surface area (Å²) in [6.45, 7) is -2.93. The summed E-state index contributed by atoms with van der Waals surface area (Å²) in [5, 5.41) is 0. The summed E-state index contributed by atoms with van der Waals surface area (Å²) in [5.74, 6) is 2.31. The van der Waals surface area contributed by atoms with Gasteiger partial charge in [-0.15, -0.1) is 6.42 Å². The van der Waals surface area contributed by atoms with E-state index in [2.05, 4.69) is 5.92 Å². The molecule has 0 saturated heterocycles. The van der Waals surface area contributed by atoms with Crippen LogP contribution in [0, 0.1) is 12.3 Å². The van der Waals surface area contributed by atoms with Gasteiger partial charge < -0.3 is 4.89 Å². The Balaban J connectivity index is 2.74. The van der Waals surface area contributed by atoms with Crippen LogP contribution < -0.4 is 0 Å². The van der Waals surface area contributed by atoms with E-state index in [0.717, 1.165) is 11.4 Å². The van der Waals surface area contributed by atoms with Crippen molar-refractivity contribution in [2.24, 2.45) is 0 Å². The van der Waals surface area contributed by atoms with E-state index in [1.165, 1.54) is 0 Å². The Labute approximate surface area is 57.5 Å². The molecule has 0 aliphatic carbocycles. The van der Waals surface area contributed by atoms with Crippen molar-refractivity contribution in [2.45, 2.75) is 0 Å². The molecule has 0 fully saturated rings. The van der Waals surface area contributed by atoms with E-state index < -0.39 is 6.57 Å². The molecule has 0 aromatic rings. The second kappa shape index (κ2) is 2.22. The normalized spacial score (nSPS) is 33.6. The highest BCUT2D eigenvalue weighted by Crippen LogP contribution is 2.62. The maximum atomic E-state index is 10.8. The van der Waals surface area contributed by atoms with Gasteiger partial charge in [0.2, 0.25) is 0 Å². The van der Waals surface area contributed by atoms with E-state index in [1.807, 2.05) is 0 Å². The summed E-state index contributed by atoms with van der Waals surface area (Å²) in [7, 11) is 0. The van der Waals surface area contributed by atoms with Crippen LogP contribution >= 0.6 is 18.0 Å². The van der Waals surface area contributed by atoms with E-state index in [-0.39, 0.29) is 6.16 Å². The summed E-state index contributed by atoms with van der Waals surface area (Å²) in [6, 6.07) is 0. The third kappa shape index (κ3) is 1.62. The second-order valence-corrected chi connectivity index (χ2v) is 6.15. The van der Waals surface area contributed by atoms with E-state index in [0.29, 0.717) is 4.91 Å². The zero-order chi connectivity index (χ0) is 6.91. The molecular formula is C5H5O2PS. The Morgan fingerprint density at radius 2 is 2.67 bits per heavy atom. The highest BCUT2D eigenvalue weighted by Gasteiger charge is 2.25. The maximum Gasteiger partial charge on any atom is 0.264 e. The largest absolute Gasteiger partial charge is 0.336 e. The monoisotopic (exact) mass is 160 g/mol. The third-order valence-corrected chi connectivity index (χ3v) is 4.19. The third-order valence-electron chi connectivity index (χ3n) is 0.891. The molecule has 0 saturated carbocycles. The molecule has 1 aliphatic rings. The van der Waals surface area contributed by atoms with Gasteiger partial charge in [0.05, 0.1) is 11.1 Å². The van der Waals surface area contributed by atoms with E-state index in [4.69, 9.17) is 11.3 Å². The Hall–Kier alpha value is -0.160. The fourth-order valence-electron chi connectivity index (χ4n) is 0.512. The van der Waals surface area contributed by atoms with Crippen LogP contribution in [0.3, 0.4) is 0 Å². The predicted octanol–water partition coefficient (Wildman–Crippen LogP) is 1.44. The summed E-state index contributed by atoms with van der Waals surface area (Å²) in [4.78, 5) is 9.45. The van der Waals surface area contributed by atoms with Crippen LogP contribution in [0.2, 0.25) is 0 Å². The van der Waals surface area contributed by atoms with Crippen molar-refractivity contribution >= 4 is 18.0 Å². The minimum atomic E-state index is -2.93. The lowest BCUT2D eigenvalue weighted by Crippen LogP contribution is -1.68. The standard InChI is InChI=1S/C5H5O2PS/c1-2-5-3-4-8(6,7)9-5/h1,3H,4H2,(H,6,7). The molecule has 2 nitrogen and oxygen atoms in total. The Morgan fingerprint density at radius 3 is 2.89 bits per heavy atom. The van der Waals surface area contributed by atoms with Gasteiger partial charge in [0.25, 0.3) is 6.57 Å². The van der Waals surface area contributed by atoms with Gasteiger partial charge >= 0.3 is 0 Å². The first-order valence-electron chi connectivity index (χ1n) is 2.32. The van der Waals surface area contributed by atoms with Gasteiger partial charge in [0, 0.05) is 0 Å². The SMILES string of the molecule is C#CC1=CCP(=O)(O)S1. The van der Waals surface area contributed by atoms with Crippen molar-refractivity contribution in [3.63, 3.8) is 0 Å². The molecule has 1 N–H and O–H groups in total. The van der Waals surface area contributed by atoms with Crippen LogP contribution in [-0.2, 0) is 4.57 Å². The van der Waals surface area contributed by atoms with Crippen molar-refractivity contribution in [1.29, 1.82) is 0 Å². The minimum absolute atomic E-state index is 0.219. The topological polar surface area (TPSA) is 37.3 Å². The van der Waals surface area contributed by atoms with Gasteiger partial charge in [0.1, 0.15) is 0 Å². The average Bonchev–Trinajstić information content (AvgIpc) is 2.10. The molecule has 1 unspecified atom stereocenters. The van der Waals surface area contributed by atoms with Crippen molar-refractivity contribution in [3.05, 3.63) is 11.0 Å². The molecule has 0 aromatic carbocycles. The first kappa shape index (κ1) is 6.95. The maximum absolute atomic E-state index is 10.8. The minimum Gasteiger partial charge on any atom is -0.336 e. The molecule has 4 heteroatoms. The molecule has 0 bridgehead atoms. The van der Waals surface area contributed by atoms with Crippen LogP contribution in [0.4, 0.5) is 0 Å². The molecule has 1 heterocycles. The predicted molar refractivity (Wildman–Crippen MR) is 39.2 cm³/mol. The quantitative estimate of drug-likeness (QED) is 0.430. The lowest BCUT2D eigenvalue weighted by Gasteiger charge is -1.96. The summed E-state index contributed by atoms with van der Waals surface area (Å²) in [5.41, 5.74) is 0. The summed E-state index contributed by atoms with van der Waals surface area (Å²) in [6.07, 6.45) is 6.82. The van der Waals surface area contributed by atoms with Gasteiger partial charge in [-0.05, 0) is 11.4 Å². The van der Waals surface area contributed by atoms with Crippen molar-refractivity contribution in [3.8, 4) is 12.3 Å². The van der Waals surface area contributed by atoms with Crippen molar-refractivity contribution in [1.82, 2.24) is 0 Å². The summed E-state index contributed by atoms with van der Waals surface area (Å²) < 4.78 is 10.8. The van der Waals surface area contributed by atoms with Crippen LogP contribution in [-0.4, -0.2) is 11.1 Å². The smallest absolute Gasteiger partial charge is 0.264 e. The lowest BCUT2D eigenvalue weighted by atomic mass is 10.5. The van der Waals surface area contributed by atoms with E-state index >= 15 is 0 Å². The molecule has 9 heavy (non-hydrogen) atoms. The van der Waals surface area contributed by atoms with Gasteiger partial charge in [-0.3, -0.25) is 4.57 Å². The van der Waals surface area contributed by atoms with Crippen LogP contribution in [0.1, 0.15) is 0 Å². The van der Waals surface area contributed by atoms with Crippen LogP contribution in [0.25, 0.3) is 0 Å². The Bertz CT molecular complexity index is 238. The van der Waals surface area contributed by atoms with Crippen molar-refractivity contribution in [2.75, 3.05) is 6.16 Å². The number of hydrogen-bond acceptors (Lipinski definition) is 2. The summed E-state index contributed by atoms with van der Waals surface area (Å²) >= 11 is 0.904. The fourth-order valence-corrected chi connectivity index (χ4v) is 3.39. The fraction of sp³-hybridized carbons (Fsp3) is 0.200. The number of terminal acetylenes is 1. The second-order valence-electron chi connectivity index (χ2n) is 1.62.